The Morgan fingerprint density at radius 1 is 0.900 bits per heavy atom. The summed E-state index contributed by atoms with van der Waals surface area (Å²) in [6.07, 6.45) is -2.79. The average Bonchev–Trinajstić information content (AvgIpc) is 2.77. The molecule has 2 aromatic rings. The summed E-state index contributed by atoms with van der Waals surface area (Å²) in [6.45, 7) is 3.60. The molecule has 1 saturated heterocycles. The van der Waals surface area contributed by atoms with Gasteiger partial charge in [-0.25, -0.2) is 0 Å². The van der Waals surface area contributed by atoms with Crippen molar-refractivity contribution in [1.29, 1.82) is 0 Å². The first-order chi connectivity index (χ1) is 14.3. The Hall–Kier alpha value is -2.83. The van der Waals surface area contributed by atoms with E-state index in [1.165, 1.54) is 12.1 Å². The molecule has 1 atom stereocenters. The topological polar surface area (TPSA) is 40.6 Å². The predicted molar refractivity (Wildman–Crippen MR) is 108 cm³/mol. The molecule has 0 bridgehead atoms. The number of hydrogen-bond donors (Lipinski definition) is 0. The highest BCUT2D eigenvalue weighted by Crippen LogP contribution is 2.29. The monoisotopic (exact) mass is 418 g/mol. The molecular weight excluding hydrogens is 393 g/mol. The molecule has 1 fully saturated rings. The molecule has 0 aromatic heterocycles. The van der Waals surface area contributed by atoms with Gasteiger partial charge in [0.15, 0.2) is 0 Å². The maximum Gasteiger partial charge on any atom is 0.416 e. The molecule has 1 aliphatic rings. The van der Waals surface area contributed by atoms with Gasteiger partial charge in [-0.05, 0) is 36.2 Å². The van der Waals surface area contributed by atoms with Crippen molar-refractivity contribution in [3.63, 3.8) is 0 Å². The molecule has 1 heterocycles. The number of rotatable bonds is 5. The third-order valence-corrected chi connectivity index (χ3v) is 5.42. The smallest absolute Gasteiger partial charge is 0.339 e. The van der Waals surface area contributed by atoms with E-state index < -0.39 is 11.7 Å². The number of hydrogen-bond acceptors (Lipinski definition) is 2. The fourth-order valence-corrected chi connectivity index (χ4v) is 3.74. The summed E-state index contributed by atoms with van der Waals surface area (Å²) in [5, 5.41) is 0. The summed E-state index contributed by atoms with van der Waals surface area (Å²) in [4.78, 5) is 29.1. The molecule has 2 aromatic carbocycles. The van der Waals surface area contributed by atoms with Crippen LogP contribution in [0.2, 0.25) is 0 Å². The van der Waals surface area contributed by atoms with Gasteiger partial charge in [0.25, 0.3) is 5.91 Å². The first-order valence-electron chi connectivity index (χ1n) is 10.1. The van der Waals surface area contributed by atoms with Gasteiger partial charge >= 0.3 is 6.18 Å². The lowest BCUT2D eigenvalue weighted by atomic mass is 9.93. The quantitative estimate of drug-likeness (QED) is 0.714. The third kappa shape index (κ3) is 5.01. The van der Waals surface area contributed by atoms with E-state index in [1.807, 2.05) is 37.3 Å². The molecule has 3 rings (SSSR count). The van der Waals surface area contributed by atoms with Crippen molar-refractivity contribution in [2.75, 3.05) is 26.2 Å². The average molecular weight is 418 g/mol. The van der Waals surface area contributed by atoms with E-state index in [-0.39, 0.29) is 23.3 Å². The van der Waals surface area contributed by atoms with Gasteiger partial charge < -0.3 is 9.80 Å². The summed E-state index contributed by atoms with van der Waals surface area (Å²) in [7, 11) is 0. The van der Waals surface area contributed by atoms with Crippen molar-refractivity contribution >= 4 is 11.8 Å². The van der Waals surface area contributed by atoms with E-state index in [4.69, 9.17) is 0 Å². The van der Waals surface area contributed by atoms with Crippen LogP contribution in [-0.2, 0) is 11.0 Å². The van der Waals surface area contributed by atoms with E-state index in [1.54, 1.807) is 9.80 Å². The van der Waals surface area contributed by atoms with Crippen LogP contribution < -0.4 is 0 Å². The molecule has 7 heteroatoms. The van der Waals surface area contributed by atoms with Crippen LogP contribution in [0.1, 0.15) is 47.2 Å². The Balaban J connectivity index is 1.62. The van der Waals surface area contributed by atoms with Gasteiger partial charge in [0.1, 0.15) is 0 Å². The van der Waals surface area contributed by atoms with Gasteiger partial charge in [-0.15, -0.1) is 0 Å². The van der Waals surface area contributed by atoms with Crippen LogP contribution in [0.15, 0.2) is 54.6 Å². The van der Waals surface area contributed by atoms with Crippen LogP contribution in [0.5, 0.6) is 0 Å². The second kappa shape index (κ2) is 9.32. The summed E-state index contributed by atoms with van der Waals surface area (Å²) in [5.74, 6) is -0.456. The van der Waals surface area contributed by atoms with E-state index in [9.17, 15) is 22.8 Å². The van der Waals surface area contributed by atoms with Gasteiger partial charge in [0.2, 0.25) is 5.91 Å². The fraction of sp³-hybridized carbons (Fsp3) is 0.391. The zero-order valence-electron chi connectivity index (χ0n) is 16.9. The van der Waals surface area contributed by atoms with Gasteiger partial charge in [-0.2, -0.15) is 13.2 Å². The minimum atomic E-state index is -4.43. The Bertz CT molecular complexity index is 858. The van der Waals surface area contributed by atoms with Gasteiger partial charge in [0, 0.05) is 31.7 Å². The number of carbonyl (C=O) groups is 2. The number of amides is 2. The van der Waals surface area contributed by atoms with E-state index in [0.29, 0.717) is 26.2 Å². The molecule has 4 nitrogen and oxygen atoms in total. The van der Waals surface area contributed by atoms with Crippen molar-refractivity contribution < 1.29 is 22.8 Å². The Kier molecular flexibility index (Phi) is 6.80. The SMILES string of the molecule is CCCC(C(=O)N1CCN(C(=O)c2ccc(C(F)(F)F)cc2)CC1)c1ccccc1. The van der Waals surface area contributed by atoms with Crippen LogP contribution in [0.3, 0.4) is 0 Å². The molecular formula is C23H25F3N2O2. The molecule has 160 valence electrons. The Labute approximate surface area is 174 Å². The molecule has 0 spiro atoms. The summed E-state index contributed by atoms with van der Waals surface area (Å²) in [6, 6.07) is 13.9. The van der Waals surface area contributed by atoms with Crippen molar-refractivity contribution in [1.82, 2.24) is 9.80 Å². The highest BCUT2D eigenvalue weighted by atomic mass is 19.4. The highest BCUT2D eigenvalue weighted by Gasteiger charge is 2.32. The lowest BCUT2D eigenvalue weighted by molar-refractivity contribution is -0.137. The van der Waals surface area contributed by atoms with Crippen LogP contribution in [0.25, 0.3) is 0 Å². The number of alkyl halides is 3. The maximum atomic E-state index is 13.1. The van der Waals surface area contributed by atoms with Crippen LogP contribution in [0, 0.1) is 0 Å². The van der Waals surface area contributed by atoms with E-state index >= 15 is 0 Å². The second-order valence-electron chi connectivity index (χ2n) is 7.44. The van der Waals surface area contributed by atoms with Crippen molar-refractivity contribution in [3.8, 4) is 0 Å². The molecule has 1 unspecified atom stereocenters. The molecule has 0 aliphatic carbocycles. The molecule has 0 radical (unpaired) electrons. The van der Waals surface area contributed by atoms with Gasteiger partial charge in [-0.3, -0.25) is 9.59 Å². The number of halogens is 3. The van der Waals surface area contributed by atoms with Crippen molar-refractivity contribution in [3.05, 3.63) is 71.3 Å². The first-order valence-corrected chi connectivity index (χ1v) is 10.1. The molecule has 0 N–H and O–H groups in total. The fourth-order valence-electron chi connectivity index (χ4n) is 3.74. The van der Waals surface area contributed by atoms with E-state index in [2.05, 4.69) is 0 Å². The molecule has 0 saturated carbocycles. The van der Waals surface area contributed by atoms with Crippen molar-refractivity contribution in [2.45, 2.75) is 31.9 Å². The van der Waals surface area contributed by atoms with Crippen molar-refractivity contribution in [2.24, 2.45) is 0 Å². The lowest BCUT2D eigenvalue weighted by Crippen LogP contribution is -2.51. The minimum Gasteiger partial charge on any atom is -0.339 e. The summed E-state index contributed by atoms with van der Waals surface area (Å²) >= 11 is 0. The Morgan fingerprint density at radius 3 is 2.00 bits per heavy atom. The Morgan fingerprint density at radius 2 is 1.47 bits per heavy atom. The number of nitrogens with zero attached hydrogens (tertiary/aromatic N) is 2. The second-order valence-corrected chi connectivity index (χ2v) is 7.44. The highest BCUT2D eigenvalue weighted by molar-refractivity contribution is 5.94. The normalized spacial score (nSPS) is 15.7. The van der Waals surface area contributed by atoms with Crippen LogP contribution in [0.4, 0.5) is 13.2 Å². The van der Waals surface area contributed by atoms with Crippen LogP contribution >= 0.6 is 0 Å². The summed E-state index contributed by atoms with van der Waals surface area (Å²) < 4.78 is 38.1. The van der Waals surface area contributed by atoms with Gasteiger partial charge in [-0.1, -0.05) is 43.7 Å². The minimum absolute atomic E-state index is 0.0599. The third-order valence-electron chi connectivity index (χ3n) is 5.42. The molecule has 2 amide bonds. The largest absolute Gasteiger partial charge is 0.416 e. The van der Waals surface area contributed by atoms with Crippen LogP contribution in [-0.4, -0.2) is 47.8 Å². The predicted octanol–water partition coefficient (Wildman–Crippen LogP) is 4.57. The number of piperazine rings is 1. The van der Waals surface area contributed by atoms with E-state index in [0.717, 1.165) is 30.5 Å². The number of benzene rings is 2. The first kappa shape index (κ1) is 21.9. The zero-order valence-corrected chi connectivity index (χ0v) is 16.9. The van der Waals surface area contributed by atoms with Gasteiger partial charge in [0.05, 0.1) is 11.5 Å². The lowest BCUT2D eigenvalue weighted by Gasteiger charge is -2.36. The standard InChI is InChI=1S/C23H25F3N2O2/c1-2-6-20(17-7-4-3-5-8-17)22(30)28-15-13-27(14-16-28)21(29)18-9-11-19(12-10-18)23(24,25)26/h3-5,7-12,20H,2,6,13-16H2,1H3. The maximum absolute atomic E-state index is 13.1. The number of carbonyl (C=O) groups excluding carboxylic acids is 2. The summed E-state index contributed by atoms with van der Waals surface area (Å²) in [5.41, 5.74) is 0.431. The molecule has 30 heavy (non-hydrogen) atoms. The zero-order chi connectivity index (χ0) is 21.7. The molecule has 1 aliphatic heterocycles.